The number of hydrogen-bond donors (Lipinski definition) is 0. The smallest absolute Gasteiger partial charge is 0.269 e. The number of allylic oxidation sites excluding steroid dienone is 1. The van der Waals surface area contributed by atoms with Gasteiger partial charge in [-0.2, -0.15) is 0 Å². The lowest BCUT2D eigenvalue weighted by Crippen LogP contribution is -2.09. The van der Waals surface area contributed by atoms with Crippen molar-refractivity contribution in [2.75, 3.05) is 11.9 Å². The van der Waals surface area contributed by atoms with Crippen LogP contribution in [0.4, 0.5) is 17.1 Å². The quantitative estimate of drug-likeness (QED) is 0.261. The van der Waals surface area contributed by atoms with Crippen LogP contribution in [0.25, 0.3) is 6.08 Å². The molecule has 0 atom stereocenters. The lowest BCUT2D eigenvalue weighted by Gasteiger charge is -2.19. The van der Waals surface area contributed by atoms with Crippen LogP contribution >= 0.6 is 0 Å². The first-order valence-corrected chi connectivity index (χ1v) is 8.40. The first kappa shape index (κ1) is 18.1. The predicted molar refractivity (Wildman–Crippen MR) is 107 cm³/mol. The van der Waals surface area contributed by atoms with Gasteiger partial charge in [0.05, 0.1) is 4.92 Å². The van der Waals surface area contributed by atoms with Gasteiger partial charge in [0.1, 0.15) is 0 Å². The lowest BCUT2D eigenvalue weighted by atomic mass is 10.1. The van der Waals surface area contributed by atoms with Crippen LogP contribution in [0.1, 0.15) is 15.9 Å². The van der Waals surface area contributed by atoms with E-state index in [1.54, 1.807) is 30.3 Å². The van der Waals surface area contributed by atoms with Crippen molar-refractivity contribution in [2.24, 2.45) is 0 Å². The summed E-state index contributed by atoms with van der Waals surface area (Å²) in [6.45, 7) is 0. The van der Waals surface area contributed by atoms with Crippen LogP contribution < -0.4 is 4.90 Å². The molecular formula is C22H18N2O3. The van der Waals surface area contributed by atoms with E-state index in [1.807, 2.05) is 54.4 Å². The standard InChI is InChI=1S/C22H18N2O3/c1-23(19-5-3-2-4-6-19)20-14-10-18(11-15-20)22(25)16-9-17-7-12-21(13-8-17)24(26)27/h2-16H,1H3/b16-9+. The molecule has 0 aromatic heterocycles. The van der Waals surface area contributed by atoms with Crippen LogP contribution in [0, 0.1) is 10.1 Å². The number of non-ortho nitro benzene ring substituents is 1. The molecule has 0 N–H and O–H groups in total. The Morgan fingerprint density at radius 1 is 0.889 bits per heavy atom. The zero-order chi connectivity index (χ0) is 19.2. The molecule has 0 amide bonds. The number of anilines is 2. The Morgan fingerprint density at radius 2 is 1.48 bits per heavy atom. The van der Waals surface area contributed by atoms with Gasteiger partial charge in [-0.05, 0) is 60.2 Å². The fourth-order valence-electron chi connectivity index (χ4n) is 2.63. The van der Waals surface area contributed by atoms with Gasteiger partial charge in [-0.1, -0.05) is 24.3 Å². The second kappa shape index (κ2) is 8.10. The maximum Gasteiger partial charge on any atom is 0.269 e. The van der Waals surface area contributed by atoms with E-state index in [0.717, 1.165) is 16.9 Å². The second-order valence-electron chi connectivity index (χ2n) is 5.99. The van der Waals surface area contributed by atoms with Gasteiger partial charge in [-0.15, -0.1) is 0 Å². The van der Waals surface area contributed by atoms with E-state index < -0.39 is 4.92 Å². The summed E-state index contributed by atoms with van der Waals surface area (Å²) in [5.74, 6) is -0.123. The van der Waals surface area contributed by atoms with E-state index in [4.69, 9.17) is 0 Å². The summed E-state index contributed by atoms with van der Waals surface area (Å²) in [6, 6.07) is 23.4. The topological polar surface area (TPSA) is 63.5 Å². The van der Waals surface area contributed by atoms with Gasteiger partial charge >= 0.3 is 0 Å². The first-order chi connectivity index (χ1) is 13.0. The van der Waals surface area contributed by atoms with E-state index in [9.17, 15) is 14.9 Å². The minimum Gasteiger partial charge on any atom is -0.345 e. The normalized spacial score (nSPS) is 10.7. The maximum atomic E-state index is 12.3. The molecule has 0 spiro atoms. The zero-order valence-electron chi connectivity index (χ0n) is 14.8. The monoisotopic (exact) mass is 358 g/mol. The summed E-state index contributed by atoms with van der Waals surface area (Å²) in [4.78, 5) is 24.6. The number of hydrogen-bond acceptors (Lipinski definition) is 4. The molecule has 3 aromatic carbocycles. The van der Waals surface area contributed by atoms with Crippen LogP contribution in [-0.2, 0) is 0 Å². The molecule has 3 rings (SSSR count). The highest BCUT2D eigenvalue weighted by atomic mass is 16.6. The Labute approximate surface area is 157 Å². The van der Waals surface area contributed by atoms with Gasteiger partial charge in [0.25, 0.3) is 5.69 Å². The molecule has 0 aliphatic rings. The molecule has 0 saturated carbocycles. The fourth-order valence-corrected chi connectivity index (χ4v) is 2.63. The number of nitrogens with zero attached hydrogens (tertiary/aromatic N) is 2. The number of rotatable bonds is 6. The molecule has 0 saturated heterocycles. The highest BCUT2D eigenvalue weighted by Gasteiger charge is 2.06. The number of nitro groups is 1. The molecule has 3 aromatic rings. The van der Waals surface area contributed by atoms with Crippen LogP contribution in [0.2, 0.25) is 0 Å². The van der Waals surface area contributed by atoms with Gasteiger partial charge in [0.2, 0.25) is 0 Å². The Bertz CT molecular complexity index is 963. The van der Waals surface area contributed by atoms with Crippen LogP contribution in [0.5, 0.6) is 0 Å². The predicted octanol–water partition coefficient (Wildman–Crippen LogP) is 5.26. The summed E-state index contributed by atoms with van der Waals surface area (Å²) in [5, 5.41) is 10.7. The Balaban J connectivity index is 1.69. The third-order valence-electron chi connectivity index (χ3n) is 4.21. The van der Waals surface area contributed by atoms with Crippen molar-refractivity contribution in [3.63, 3.8) is 0 Å². The molecule has 0 radical (unpaired) electrons. The van der Waals surface area contributed by atoms with E-state index in [-0.39, 0.29) is 11.5 Å². The van der Waals surface area contributed by atoms with Gasteiger partial charge < -0.3 is 4.90 Å². The van der Waals surface area contributed by atoms with E-state index >= 15 is 0 Å². The van der Waals surface area contributed by atoms with E-state index in [1.165, 1.54) is 18.2 Å². The van der Waals surface area contributed by atoms with Crippen LogP contribution in [-0.4, -0.2) is 17.8 Å². The average Bonchev–Trinajstić information content (AvgIpc) is 2.72. The lowest BCUT2D eigenvalue weighted by molar-refractivity contribution is -0.384. The van der Waals surface area contributed by atoms with Crippen molar-refractivity contribution in [1.29, 1.82) is 0 Å². The molecule has 0 aliphatic heterocycles. The number of benzene rings is 3. The van der Waals surface area contributed by atoms with E-state index in [0.29, 0.717) is 5.56 Å². The number of carbonyl (C=O) groups is 1. The molecule has 0 fully saturated rings. The summed E-state index contributed by atoms with van der Waals surface area (Å²) < 4.78 is 0. The van der Waals surface area contributed by atoms with Crippen molar-refractivity contribution >= 4 is 28.9 Å². The van der Waals surface area contributed by atoms with Crippen molar-refractivity contribution in [1.82, 2.24) is 0 Å². The van der Waals surface area contributed by atoms with Crippen molar-refractivity contribution in [3.05, 3.63) is 106 Å². The molecule has 0 unspecified atom stereocenters. The maximum absolute atomic E-state index is 12.3. The average molecular weight is 358 g/mol. The fraction of sp³-hybridized carbons (Fsp3) is 0.0455. The summed E-state index contributed by atoms with van der Waals surface area (Å²) in [5.41, 5.74) is 3.39. The highest BCUT2D eigenvalue weighted by molar-refractivity contribution is 6.07. The summed E-state index contributed by atoms with van der Waals surface area (Å²) in [6.07, 6.45) is 3.12. The van der Waals surface area contributed by atoms with Crippen LogP contribution in [0.3, 0.4) is 0 Å². The largest absolute Gasteiger partial charge is 0.345 e. The second-order valence-corrected chi connectivity index (χ2v) is 5.99. The van der Waals surface area contributed by atoms with Gasteiger partial charge in [0.15, 0.2) is 5.78 Å². The number of ketones is 1. The molecule has 5 nitrogen and oxygen atoms in total. The Morgan fingerprint density at radius 3 is 2.07 bits per heavy atom. The van der Waals surface area contributed by atoms with Crippen LogP contribution in [0.15, 0.2) is 84.9 Å². The molecular weight excluding hydrogens is 340 g/mol. The van der Waals surface area contributed by atoms with Crippen molar-refractivity contribution in [2.45, 2.75) is 0 Å². The Hall–Kier alpha value is -3.73. The minimum atomic E-state index is -0.452. The van der Waals surface area contributed by atoms with Crippen molar-refractivity contribution < 1.29 is 9.72 Å². The SMILES string of the molecule is CN(c1ccccc1)c1ccc(C(=O)/C=C/c2ccc([N+](=O)[O-])cc2)cc1. The van der Waals surface area contributed by atoms with Gasteiger partial charge in [-0.25, -0.2) is 0 Å². The molecule has 0 heterocycles. The van der Waals surface area contributed by atoms with Crippen molar-refractivity contribution in [3.8, 4) is 0 Å². The molecule has 27 heavy (non-hydrogen) atoms. The third kappa shape index (κ3) is 4.46. The number of carbonyl (C=O) groups excluding carboxylic acids is 1. The Kier molecular flexibility index (Phi) is 5.42. The van der Waals surface area contributed by atoms with Gasteiger partial charge in [0, 0.05) is 36.1 Å². The van der Waals surface area contributed by atoms with Gasteiger partial charge in [-0.3, -0.25) is 14.9 Å². The third-order valence-corrected chi connectivity index (χ3v) is 4.21. The highest BCUT2D eigenvalue weighted by Crippen LogP contribution is 2.23. The number of nitro benzene ring substituents is 1. The zero-order valence-corrected chi connectivity index (χ0v) is 14.8. The first-order valence-electron chi connectivity index (χ1n) is 8.40. The summed E-state index contributed by atoms with van der Waals surface area (Å²) >= 11 is 0. The summed E-state index contributed by atoms with van der Waals surface area (Å²) in [7, 11) is 1.97. The molecule has 0 aliphatic carbocycles. The molecule has 0 bridgehead atoms. The molecule has 134 valence electrons. The minimum absolute atomic E-state index is 0.0246. The molecule has 5 heteroatoms. The van der Waals surface area contributed by atoms with E-state index in [2.05, 4.69) is 0 Å². The number of para-hydroxylation sites is 1.